The number of ether oxygens (including phenoxy) is 1. The van der Waals surface area contributed by atoms with E-state index in [0.717, 1.165) is 36.1 Å². The van der Waals surface area contributed by atoms with Gasteiger partial charge in [-0.3, -0.25) is 4.79 Å². The molecule has 9 heteroatoms. The SMILES string of the molecule is CCOC(=O)c1c(NC(=O)C2CCN(S(=O)(=O)CC)CC2)sc2c1CCCC2. The van der Waals surface area contributed by atoms with Gasteiger partial charge in [0.25, 0.3) is 0 Å². The summed E-state index contributed by atoms with van der Waals surface area (Å²) < 4.78 is 30.7. The molecule has 1 aromatic heterocycles. The van der Waals surface area contributed by atoms with Crippen LogP contribution in [0, 0.1) is 5.92 Å². The molecule has 2 heterocycles. The highest BCUT2D eigenvalue weighted by atomic mass is 32.2. The van der Waals surface area contributed by atoms with Crippen LogP contribution in [0.1, 0.15) is 60.3 Å². The summed E-state index contributed by atoms with van der Waals surface area (Å²) in [4.78, 5) is 26.5. The summed E-state index contributed by atoms with van der Waals surface area (Å²) in [6.07, 6.45) is 4.87. The minimum atomic E-state index is -3.21. The molecule has 28 heavy (non-hydrogen) atoms. The van der Waals surface area contributed by atoms with E-state index >= 15 is 0 Å². The standard InChI is InChI=1S/C19H28N2O5S2/c1-3-26-19(23)16-14-7-5-6-8-15(14)27-18(16)20-17(22)13-9-11-21(12-10-13)28(24,25)4-2/h13H,3-12H2,1-2H3,(H,20,22). The predicted molar refractivity (Wildman–Crippen MR) is 109 cm³/mol. The maximum atomic E-state index is 12.8. The Bertz CT molecular complexity index is 839. The highest BCUT2D eigenvalue weighted by molar-refractivity contribution is 7.89. The number of piperidine rings is 1. The van der Waals surface area contributed by atoms with Crippen molar-refractivity contribution in [2.75, 3.05) is 30.8 Å². The van der Waals surface area contributed by atoms with Crippen molar-refractivity contribution >= 4 is 38.2 Å². The third kappa shape index (κ3) is 4.41. The van der Waals surface area contributed by atoms with Crippen LogP contribution in [0.15, 0.2) is 0 Å². The zero-order chi connectivity index (χ0) is 20.3. The van der Waals surface area contributed by atoms with Crippen LogP contribution in [0.2, 0.25) is 0 Å². The van der Waals surface area contributed by atoms with Crippen LogP contribution in [-0.4, -0.2) is 50.0 Å². The predicted octanol–water partition coefficient (Wildman–Crippen LogP) is 2.80. The van der Waals surface area contributed by atoms with Gasteiger partial charge in [-0.15, -0.1) is 11.3 Å². The number of hydrogen-bond donors (Lipinski definition) is 1. The lowest BCUT2D eigenvalue weighted by molar-refractivity contribution is -0.120. The number of anilines is 1. The molecule has 1 aliphatic carbocycles. The lowest BCUT2D eigenvalue weighted by atomic mass is 9.95. The number of rotatable bonds is 6. The first-order valence-electron chi connectivity index (χ1n) is 9.97. The Labute approximate surface area is 170 Å². The molecule has 3 rings (SSSR count). The van der Waals surface area contributed by atoms with E-state index in [1.54, 1.807) is 13.8 Å². The topological polar surface area (TPSA) is 92.8 Å². The van der Waals surface area contributed by atoms with Gasteiger partial charge in [0, 0.05) is 23.9 Å². The molecule has 0 radical (unpaired) electrons. The summed E-state index contributed by atoms with van der Waals surface area (Å²) in [5.41, 5.74) is 1.54. The summed E-state index contributed by atoms with van der Waals surface area (Å²) in [5, 5.41) is 3.54. The zero-order valence-corrected chi connectivity index (χ0v) is 18.1. The number of amides is 1. The van der Waals surface area contributed by atoms with Crippen LogP contribution in [0.5, 0.6) is 0 Å². The summed E-state index contributed by atoms with van der Waals surface area (Å²) in [6.45, 7) is 4.41. The number of esters is 1. The Balaban J connectivity index is 1.72. The molecule has 0 atom stereocenters. The smallest absolute Gasteiger partial charge is 0.341 e. The average Bonchev–Trinajstić information content (AvgIpc) is 3.06. The first-order chi connectivity index (χ1) is 13.4. The Morgan fingerprint density at radius 1 is 1.18 bits per heavy atom. The van der Waals surface area contributed by atoms with Crippen LogP contribution < -0.4 is 5.32 Å². The second-order valence-corrected chi connectivity index (χ2v) is 10.6. The van der Waals surface area contributed by atoms with Crippen molar-refractivity contribution in [3.05, 3.63) is 16.0 Å². The summed E-state index contributed by atoms with van der Waals surface area (Å²) in [6, 6.07) is 0. The van der Waals surface area contributed by atoms with E-state index in [9.17, 15) is 18.0 Å². The minimum absolute atomic E-state index is 0.0769. The van der Waals surface area contributed by atoms with Gasteiger partial charge in [0.15, 0.2) is 0 Å². The molecule has 1 saturated heterocycles. The lowest BCUT2D eigenvalue weighted by Gasteiger charge is -2.30. The highest BCUT2D eigenvalue weighted by Crippen LogP contribution is 2.39. The average molecular weight is 429 g/mol. The molecule has 1 amide bonds. The number of nitrogens with zero attached hydrogens (tertiary/aromatic N) is 1. The first-order valence-corrected chi connectivity index (χ1v) is 12.4. The fraction of sp³-hybridized carbons (Fsp3) is 0.684. The van der Waals surface area contributed by atoms with E-state index in [-0.39, 0.29) is 23.5 Å². The molecule has 0 spiro atoms. The van der Waals surface area contributed by atoms with Crippen molar-refractivity contribution in [3.8, 4) is 0 Å². The molecular formula is C19H28N2O5S2. The second-order valence-electron chi connectivity index (χ2n) is 7.20. The van der Waals surface area contributed by atoms with Gasteiger partial charge in [0.05, 0.1) is 17.9 Å². The van der Waals surface area contributed by atoms with E-state index < -0.39 is 10.0 Å². The molecule has 7 nitrogen and oxygen atoms in total. The number of thiophene rings is 1. The van der Waals surface area contributed by atoms with Crippen LogP contribution in [0.25, 0.3) is 0 Å². The Kier molecular flexibility index (Phi) is 6.77. The quantitative estimate of drug-likeness (QED) is 0.704. The van der Waals surface area contributed by atoms with E-state index in [2.05, 4.69) is 5.32 Å². The molecule has 156 valence electrons. The van der Waals surface area contributed by atoms with Crippen molar-refractivity contribution in [2.45, 2.75) is 52.4 Å². The number of sulfonamides is 1. The van der Waals surface area contributed by atoms with Crippen LogP contribution in [-0.2, 0) is 32.4 Å². The third-order valence-electron chi connectivity index (χ3n) is 5.47. The molecule has 1 N–H and O–H groups in total. The monoisotopic (exact) mass is 428 g/mol. The van der Waals surface area contributed by atoms with Gasteiger partial charge < -0.3 is 10.1 Å². The number of fused-ring (bicyclic) bond motifs is 1. The van der Waals surface area contributed by atoms with Crippen molar-refractivity contribution < 1.29 is 22.7 Å². The second kappa shape index (κ2) is 8.92. The van der Waals surface area contributed by atoms with E-state index in [1.807, 2.05) is 0 Å². The number of nitrogens with one attached hydrogen (secondary N) is 1. The molecule has 2 aliphatic rings. The van der Waals surface area contributed by atoms with Crippen molar-refractivity contribution in [2.24, 2.45) is 5.92 Å². The number of carbonyl (C=O) groups excluding carboxylic acids is 2. The largest absolute Gasteiger partial charge is 0.462 e. The third-order valence-corrected chi connectivity index (χ3v) is 8.56. The summed E-state index contributed by atoms with van der Waals surface area (Å²) in [5.74, 6) is -0.690. The van der Waals surface area contributed by atoms with Gasteiger partial charge in [0.2, 0.25) is 15.9 Å². The number of aryl methyl sites for hydroxylation is 1. The van der Waals surface area contributed by atoms with Gasteiger partial charge in [-0.25, -0.2) is 17.5 Å². The van der Waals surface area contributed by atoms with Gasteiger partial charge in [-0.1, -0.05) is 0 Å². The van der Waals surface area contributed by atoms with Crippen LogP contribution in [0.4, 0.5) is 5.00 Å². The molecule has 0 saturated carbocycles. The Morgan fingerprint density at radius 2 is 1.86 bits per heavy atom. The van der Waals surface area contributed by atoms with Crippen LogP contribution >= 0.6 is 11.3 Å². The molecule has 1 aromatic rings. The van der Waals surface area contributed by atoms with Crippen molar-refractivity contribution in [1.82, 2.24) is 4.31 Å². The van der Waals surface area contributed by atoms with E-state index in [4.69, 9.17) is 4.74 Å². The zero-order valence-electron chi connectivity index (χ0n) is 16.5. The molecule has 0 bridgehead atoms. The Hall–Kier alpha value is -1.45. The minimum Gasteiger partial charge on any atom is -0.462 e. The molecular weight excluding hydrogens is 400 g/mol. The van der Waals surface area contributed by atoms with Gasteiger partial charge in [0.1, 0.15) is 5.00 Å². The maximum Gasteiger partial charge on any atom is 0.341 e. The summed E-state index contributed by atoms with van der Waals surface area (Å²) >= 11 is 1.48. The number of carbonyl (C=O) groups is 2. The Morgan fingerprint density at radius 3 is 2.50 bits per heavy atom. The number of hydrogen-bond acceptors (Lipinski definition) is 6. The molecule has 0 aromatic carbocycles. The summed E-state index contributed by atoms with van der Waals surface area (Å²) in [7, 11) is -3.21. The van der Waals surface area contributed by atoms with Crippen molar-refractivity contribution in [1.29, 1.82) is 0 Å². The molecule has 1 aliphatic heterocycles. The first kappa shape index (κ1) is 21.3. The van der Waals surface area contributed by atoms with Gasteiger partial charge in [-0.2, -0.15) is 0 Å². The van der Waals surface area contributed by atoms with E-state index in [1.165, 1.54) is 15.6 Å². The molecule has 0 unspecified atom stereocenters. The fourth-order valence-electron chi connectivity index (χ4n) is 3.87. The maximum absolute atomic E-state index is 12.8. The highest BCUT2D eigenvalue weighted by Gasteiger charge is 2.32. The van der Waals surface area contributed by atoms with Crippen molar-refractivity contribution in [3.63, 3.8) is 0 Å². The molecule has 1 fully saturated rings. The van der Waals surface area contributed by atoms with Crippen LogP contribution in [0.3, 0.4) is 0 Å². The van der Waals surface area contributed by atoms with E-state index in [0.29, 0.717) is 43.1 Å². The lowest BCUT2D eigenvalue weighted by Crippen LogP contribution is -2.42. The normalized spacial score (nSPS) is 18.5. The fourth-order valence-corrected chi connectivity index (χ4v) is 6.28. The van der Waals surface area contributed by atoms with Gasteiger partial charge in [-0.05, 0) is 57.9 Å². The van der Waals surface area contributed by atoms with Gasteiger partial charge >= 0.3 is 5.97 Å².